The number of carbonyl (C=O) groups excluding carboxylic acids is 1. The standard InChI is InChI=1S/C28H28N6O5S3/c1-4-9-29-42(38,39)20-7-5-18(6-8-20)31-32-21-14-24(36)22(10-15(21)2)33-34-27-25(41)12-17-11-19(40)13-23(30-16(3)35)26(17)28(27)37/h5-8,10-14,29,36-37,40-41H,4,9H2,1-3H3,(H,30,35). The van der Waals surface area contributed by atoms with Crippen molar-refractivity contribution in [1.82, 2.24) is 4.72 Å². The number of anilines is 1. The number of benzene rings is 4. The van der Waals surface area contributed by atoms with Crippen molar-refractivity contribution in [2.24, 2.45) is 20.5 Å². The van der Waals surface area contributed by atoms with E-state index in [9.17, 15) is 23.4 Å². The number of phenols is 2. The van der Waals surface area contributed by atoms with Crippen LogP contribution in [-0.4, -0.2) is 31.1 Å². The molecule has 218 valence electrons. The largest absolute Gasteiger partial charge is 0.506 e. The fraction of sp³-hybridized carbons (Fsp3) is 0.179. The Morgan fingerprint density at radius 1 is 0.929 bits per heavy atom. The average molecular weight is 625 g/mol. The molecule has 0 aliphatic rings. The number of thiol groups is 2. The molecule has 4 rings (SSSR count). The van der Waals surface area contributed by atoms with E-state index in [1.807, 2.05) is 6.92 Å². The summed E-state index contributed by atoms with van der Waals surface area (Å²) in [7, 11) is -3.59. The monoisotopic (exact) mass is 624 g/mol. The first-order valence-corrected chi connectivity index (χ1v) is 15.0. The number of hydrogen-bond donors (Lipinski definition) is 6. The number of phenolic OH excluding ortho intramolecular Hbond substituents is 2. The summed E-state index contributed by atoms with van der Waals surface area (Å²) in [6.07, 6.45) is 0.679. The molecule has 0 aromatic heterocycles. The molecule has 0 spiro atoms. The molecule has 0 unspecified atom stereocenters. The van der Waals surface area contributed by atoms with E-state index in [0.29, 0.717) is 56.2 Å². The lowest BCUT2D eigenvalue weighted by molar-refractivity contribution is -0.114. The zero-order chi connectivity index (χ0) is 30.6. The summed E-state index contributed by atoms with van der Waals surface area (Å²) in [4.78, 5) is 12.7. The zero-order valence-electron chi connectivity index (χ0n) is 22.8. The summed E-state index contributed by atoms with van der Waals surface area (Å²) in [6.45, 7) is 5.32. The molecule has 0 saturated heterocycles. The van der Waals surface area contributed by atoms with Crippen molar-refractivity contribution in [2.45, 2.75) is 41.9 Å². The van der Waals surface area contributed by atoms with Crippen LogP contribution < -0.4 is 10.0 Å². The van der Waals surface area contributed by atoms with Crippen molar-refractivity contribution in [2.75, 3.05) is 11.9 Å². The van der Waals surface area contributed by atoms with E-state index >= 15 is 0 Å². The van der Waals surface area contributed by atoms with Gasteiger partial charge < -0.3 is 15.5 Å². The first-order valence-electron chi connectivity index (χ1n) is 12.7. The van der Waals surface area contributed by atoms with Crippen LogP contribution in [-0.2, 0) is 14.8 Å². The number of sulfonamides is 1. The van der Waals surface area contributed by atoms with Crippen LogP contribution in [0.4, 0.5) is 28.4 Å². The number of nitrogens with one attached hydrogen (secondary N) is 2. The number of carbonyl (C=O) groups is 1. The summed E-state index contributed by atoms with van der Waals surface area (Å²) in [5, 5.41) is 41.8. The van der Waals surface area contributed by atoms with E-state index in [0.717, 1.165) is 0 Å². The normalized spacial score (nSPS) is 12.0. The molecule has 0 atom stereocenters. The molecular weight excluding hydrogens is 597 g/mol. The van der Waals surface area contributed by atoms with E-state index in [4.69, 9.17) is 0 Å². The quantitative estimate of drug-likeness (QED) is 0.0832. The van der Waals surface area contributed by atoms with Crippen LogP contribution >= 0.6 is 25.3 Å². The third-order valence-electron chi connectivity index (χ3n) is 5.97. The molecule has 4 N–H and O–H groups in total. The third-order valence-corrected chi connectivity index (χ3v) is 8.05. The average Bonchev–Trinajstić information content (AvgIpc) is 2.92. The minimum atomic E-state index is -3.59. The van der Waals surface area contributed by atoms with Crippen molar-refractivity contribution >= 4 is 80.4 Å². The SMILES string of the molecule is CCCNS(=O)(=O)c1ccc(N=Nc2cc(O)c(N=Nc3c(S)cc4cc(S)cc(NC(C)=O)c4c3O)cc2C)cc1. The van der Waals surface area contributed by atoms with Crippen molar-refractivity contribution in [3.8, 4) is 11.5 Å². The molecule has 4 aromatic rings. The Bertz CT molecular complexity index is 1840. The molecule has 0 aliphatic carbocycles. The third kappa shape index (κ3) is 7.07. The van der Waals surface area contributed by atoms with Gasteiger partial charge in [0.15, 0.2) is 5.75 Å². The summed E-state index contributed by atoms with van der Waals surface area (Å²) in [5.41, 5.74) is 1.91. The Morgan fingerprint density at radius 2 is 1.62 bits per heavy atom. The minimum absolute atomic E-state index is 0.0422. The van der Waals surface area contributed by atoms with E-state index in [2.05, 4.69) is 55.8 Å². The maximum Gasteiger partial charge on any atom is 0.240 e. The van der Waals surface area contributed by atoms with Gasteiger partial charge in [-0.1, -0.05) is 6.92 Å². The molecule has 0 bridgehead atoms. The van der Waals surface area contributed by atoms with E-state index in [1.54, 1.807) is 31.2 Å². The fourth-order valence-electron chi connectivity index (χ4n) is 3.95. The van der Waals surface area contributed by atoms with Crippen LogP contribution in [0.1, 0.15) is 25.8 Å². The van der Waals surface area contributed by atoms with Gasteiger partial charge in [-0.25, -0.2) is 13.1 Å². The van der Waals surface area contributed by atoms with Gasteiger partial charge in [0, 0.05) is 34.7 Å². The topological polar surface area (TPSA) is 165 Å². The Balaban J connectivity index is 1.60. The van der Waals surface area contributed by atoms with Gasteiger partial charge in [-0.15, -0.1) is 35.5 Å². The Labute approximate surface area is 253 Å². The van der Waals surface area contributed by atoms with Crippen LogP contribution in [0.5, 0.6) is 11.5 Å². The lowest BCUT2D eigenvalue weighted by atomic mass is 10.1. The maximum absolute atomic E-state index is 12.3. The van der Waals surface area contributed by atoms with E-state index < -0.39 is 10.0 Å². The number of rotatable bonds is 9. The Kier molecular flexibility index (Phi) is 9.51. The smallest absolute Gasteiger partial charge is 0.240 e. The number of aryl methyl sites for hydroxylation is 1. The summed E-state index contributed by atoms with van der Waals surface area (Å²) < 4.78 is 27.0. The Hall–Kier alpha value is -3.98. The lowest BCUT2D eigenvalue weighted by Crippen LogP contribution is -2.24. The number of fused-ring (bicyclic) bond motifs is 1. The van der Waals surface area contributed by atoms with Crippen LogP contribution in [0.15, 0.2) is 89.7 Å². The summed E-state index contributed by atoms with van der Waals surface area (Å²) >= 11 is 8.80. The fourth-order valence-corrected chi connectivity index (χ4v) is 5.65. The van der Waals surface area contributed by atoms with Crippen molar-refractivity contribution in [3.63, 3.8) is 0 Å². The predicted molar refractivity (Wildman–Crippen MR) is 168 cm³/mol. The highest BCUT2D eigenvalue weighted by molar-refractivity contribution is 7.89. The highest BCUT2D eigenvalue weighted by Crippen LogP contribution is 2.45. The molecule has 0 saturated carbocycles. The van der Waals surface area contributed by atoms with Gasteiger partial charge in [-0.3, -0.25) is 4.79 Å². The highest BCUT2D eigenvalue weighted by atomic mass is 32.2. The van der Waals surface area contributed by atoms with Crippen molar-refractivity contribution in [3.05, 3.63) is 60.2 Å². The van der Waals surface area contributed by atoms with Gasteiger partial charge in [0.2, 0.25) is 15.9 Å². The van der Waals surface area contributed by atoms with Gasteiger partial charge in [0.1, 0.15) is 17.1 Å². The number of hydrogen-bond acceptors (Lipinski definition) is 11. The second kappa shape index (κ2) is 12.9. The highest BCUT2D eigenvalue weighted by Gasteiger charge is 2.17. The summed E-state index contributed by atoms with van der Waals surface area (Å²) in [5.74, 6) is -0.809. The van der Waals surface area contributed by atoms with Gasteiger partial charge in [0.25, 0.3) is 0 Å². The molecule has 0 fully saturated rings. The Morgan fingerprint density at radius 3 is 2.29 bits per heavy atom. The second-order valence-electron chi connectivity index (χ2n) is 9.28. The maximum atomic E-state index is 12.3. The molecule has 11 nitrogen and oxygen atoms in total. The van der Waals surface area contributed by atoms with Gasteiger partial charge >= 0.3 is 0 Å². The first kappa shape index (κ1) is 31.0. The first-order chi connectivity index (χ1) is 19.9. The van der Waals surface area contributed by atoms with Crippen molar-refractivity contribution < 1.29 is 23.4 Å². The predicted octanol–water partition coefficient (Wildman–Crippen LogP) is 7.61. The number of nitrogens with zero attached hydrogens (tertiary/aromatic N) is 4. The van der Waals surface area contributed by atoms with Gasteiger partial charge in [-0.05, 0) is 72.8 Å². The second-order valence-corrected chi connectivity index (χ2v) is 12.0. The number of amides is 1. The molecule has 42 heavy (non-hydrogen) atoms. The molecule has 4 aromatic carbocycles. The van der Waals surface area contributed by atoms with Crippen LogP contribution in [0.3, 0.4) is 0 Å². The minimum Gasteiger partial charge on any atom is -0.506 e. The van der Waals surface area contributed by atoms with Crippen molar-refractivity contribution in [1.29, 1.82) is 0 Å². The molecule has 0 aliphatic heterocycles. The molecular formula is C28H28N6O5S3. The lowest BCUT2D eigenvalue weighted by Gasteiger charge is -2.13. The zero-order valence-corrected chi connectivity index (χ0v) is 25.4. The van der Waals surface area contributed by atoms with E-state index in [-0.39, 0.29) is 33.7 Å². The van der Waals surface area contributed by atoms with Crippen LogP contribution in [0.25, 0.3) is 10.8 Å². The van der Waals surface area contributed by atoms with E-state index in [1.165, 1.54) is 37.3 Å². The van der Waals surface area contributed by atoms with Gasteiger partial charge in [0.05, 0.1) is 22.0 Å². The summed E-state index contributed by atoms with van der Waals surface area (Å²) in [6, 6.07) is 13.8. The number of azo groups is 2. The molecule has 1 amide bonds. The van der Waals surface area contributed by atoms with Crippen LogP contribution in [0, 0.1) is 6.92 Å². The molecule has 0 radical (unpaired) electrons. The molecule has 0 heterocycles. The van der Waals surface area contributed by atoms with Gasteiger partial charge in [-0.2, -0.15) is 10.2 Å². The molecule has 14 heteroatoms. The number of aromatic hydroxyl groups is 2. The van der Waals surface area contributed by atoms with Crippen LogP contribution in [0.2, 0.25) is 0 Å².